The first kappa shape index (κ1) is 17.0. The zero-order valence-corrected chi connectivity index (χ0v) is 12.0. The van der Waals surface area contributed by atoms with Crippen molar-refractivity contribution in [2.24, 2.45) is 5.11 Å². The Morgan fingerprint density at radius 2 is 2.08 bits per heavy atom. The second kappa shape index (κ2) is 6.42. The Kier molecular flexibility index (Phi) is 4.56. The van der Waals surface area contributed by atoms with Crippen molar-refractivity contribution in [1.29, 1.82) is 0 Å². The first-order chi connectivity index (χ1) is 11.3. The molecular weight excluding hydrogens is 331 g/mol. The van der Waals surface area contributed by atoms with Crippen LogP contribution < -0.4 is 5.56 Å². The molecule has 0 saturated heterocycles. The Hall–Kier alpha value is -3.33. The Balaban J connectivity index is 2.70. The molecule has 24 heavy (non-hydrogen) atoms. The summed E-state index contributed by atoms with van der Waals surface area (Å²) in [5, 5.41) is 6.80. The summed E-state index contributed by atoms with van der Waals surface area (Å²) in [6.45, 7) is 0. The second-order valence-electron chi connectivity index (χ2n) is 4.36. The van der Waals surface area contributed by atoms with Crippen molar-refractivity contribution in [3.8, 4) is 5.69 Å². The van der Waals surface area contributed by atoms with Gasteiger partial charge in [0.05, 0.1) is 24.0 Å². The van der Waals surface area contributed by atoms with E-state index in [0.717, 1.165) is 25.3 Å². The van der Waals surface area contributed by atoms with E-state index in [4.69, 9.17) is 5.53 Å². The smallest absolute Gasteiger partial charge is 0.416 e. The van der Waals surface area contributed by atoms with E-state index in [2.05, 4.69) is 19.9 Å². The maximum absolute atomic E-state index is 12.8. The molecule has 0 aliphatic carbocycles. The van der Waals surface area contributed by atoms with E-state index in [1.165, 1.54) is 6.07 Å². The monoisotopic (exact) mass is 339 g/mol. The van der Waals surface area contributed by atoms with Gasteiger partial charge >= 0.3 is 12.1 Å². The molecule has 124 valence electrons. The number of carbonyl (C=O) groups excluding carboxylic acids is 1. The van der Waals surface area contributed by atoms with E-state index in [1.807, 2.05) is 0 Å². The third-order valence-corrected chi connectivity index (χ3v) is 2.86. The third kappa shape index (κ3) is 3.36. The number of azide groups is 1. The molecule has 0 saturated carbocycles. The fourth-order valence-electron chi connectivity index (χ4n) is 1.81. The van der Waals surface area contributed by atoms with Gasteiger partial charge in [-0.1, -0.05) is 11.2 Å². The van der Waals surface area contributed by atoms with Gasteiger partial charge in [-0.2, -0.15) is 23.0 Å². The molecule has 8 nitrogen and oxygen atoms in total. The number of rotatable bonds is 3. The molecular formula is C13H8F3N5O3. The molecule has 0 amide bonds. The van der Waals surface area contributed by atoms with E-state index < -0.39 is 34.6 Å². The van der Waals surface area contributed by atoms with Crippen molar-refractivity contribution >= 4 is 11.7 Å². The first-order valence-electron chi connectivity index (χ1n) is 6.23. The number of aromatic nitrogens is 2. The Morgan fingerprint density at radius 3 is 2.67 bits per heavy atom. The average Bonchev–Trinajstić information content (AvgIpc) is 2.54. The normalized spacial score (nSPS) is 10.8. The Bertz CT molecular complexity index is 900. The molecule has 2 aromatic rings. The minimum absolute atomic E-state index is 0.215. The first-order valence-corrected chi connectivity index (χ1v) is 6.23. The molecule has 0 N–H and O–H groups in total. The zero-order chi connectivity index (χ0) is 17.9. The maximum atomic E-state index is 12.8. The van der Waals surface area contributed by atoms with Crippen molar-refractivity contribution in [2.75, 3.05) is 7.11 Å². The standard InChI is InChI=1S/C13H8F3N5O3/c1-24-12(23)11-9(18-20-17)6-10(22)21(19-11)8-4-2-3-7(5-8)13(14,15)16/h2-6H,1H3. The fourth-order valence-corrected chi connectivity index (χ4v) is 1.81. The summed E-state index contributed by atoms with van der Waals surface area (Å²) < 4.78 is 43.4. The quantitative estimate of drug-likeness (QED) is 0.370. The lowest BCUT2D eigenvalue weighted by molar-refractivity contribution is -0.137. The SMILES string of the molecule is COC(=O)c1nn(-c2cccc(C(F)(F)F)c2)c(=O)cc1N=[N+]=[N-]. The number of methoxy groups -OCH3 is 1. The predicted octanol–water partition coefficient (Wildman–Crippen LogP) is 2.98. The zero-order valence-electron chi connectivity index (χ0n) is 12.0. The minimum atomic E-state index is -4.62. The molecule has 1 aromatic heterocycles. The van der Waals surface area contributed by atoms with E-state index in [1.54, 1.807) is 0 Å². The van der Waals surface area contributed by atoms with Crippen molar-refractivity contribution in [3.05, 3.63) is 62.4 Å². The maximum Gasteiger partial charge on any atom is 0.416 e. The van der Waals surface area contributed by atoms with Gasteiger partial charge in [0.1, 0.15) is 0 Å². The third-order valence-electron chi connectivity index (χ3n) is 2.86. The molecule has 0 radical (unpaired) electrons. The topological polar surface area (TPSA) is 110 Å². The average molecular weight is 339 g/mol. The van der Waals surface area contributed by atoms with Crippen LogP contribution in [0.15, 0.2) is 40.2 Å². The predicted molar refractivity (Wildman–Crippen MR) is 75.0 cm³/mol. The number of esters is 1. The van der Waals surface area contributed by atoms with E-state index in [9.17, 15) is 22.8 Å². The van der Waals surface area contributed by atoms with Gasteiger partial charge in [-0.3, -0.25) is 4.79 Å². The molecule has 2 rings (SSSR count). The highest BCUT2D eigenvalue weighted by molar-refractivity contribution is 5.92. The number of alkyl halides is 3. The van der Waals surface area contributed by atoms with Crippen molar-refractivity contribution in [3.63, 3.8) is 0 Å². The van der Waals surface area contributed by atoms with Gasteiger partial charge in [0.15, 0.2) is 5.69 Å². The number of halogens is 3. The summed E-state index contributed by atoms with van der Waals surface area (Å²) in [4.78, 5) is 26.1. The molecule has 0 aliphatic heterocycles. The van der Waals surface area contributed by atoms with Crippen LogP contribution in [0.4, 0.5) is 18.9 Å². The molecule has 0 spiro atoms. The van der Waals surface area contributed by atoms with Crippen LogP contribution in [0, 0.1) is 0 Å². The van der Waals surface area contributed by atoms with Gasteiger partial charge in [0.2, 0.25) is 0 Å². The van der Waals surface area contributed by atoms with Crippen LogP contribution in [0.25, 0.3) is 16.1 Å². The number of ether oxygens (including phenoxy) is 1. The lowest BCUT2D eigenvalue weighted by Gasteiger charge is -2.11. The highest BCUT2D eigenvalue weighted by Crippen LogP contribution is 2.30. The summed E-state index contributed by atoms with van der Waals surface area (Å²) in [7, 11) is 1.03. The van der Waals surface area contributed by atoms with Crippen LogP contribution in [0.5, 0.6) is 0 Å². The van der Waals surface area contributed by atoms with Crippen molar-refractivity contribution < 1.29 is 22.7 Å². The van der Waals surface area contributed by atoms with Gasteiger partial charge in [-0.25, -0.2) is 4.79 Å². The number of nitrogens with zero attached hydrogens (tertiary/aromatic N) is 5. The number of benzene rings is 1. The number of carbonyl (C=O) groups is 1. The summed E-state index contributed by atoms with van der Waals surface area (Å²) in [5.41, 5.74) is 5.45. The number of hydrogen-bond donors (Lipinski definition) is 0. The largest absolute Gasteiger partial charge is 0.464 e. The molecule has 0 bridgehead atoms. The summed E-state index contributed by atoms with van der Waals surface area (Å²) in [6.07, 6.45) is -4.62. The molecule has 0 atom stereocenters. The highest BCUT2D eigenvalue weighted by Gasteiger charge is 2.30. The lowest BCUT2D eigenvalue weighted by Crippen LogP contribution is -2.24. The Morgan fingerprint density at radius 1 is 1.38 bits per heavy atom. The number of hydrogen-bond acceptors (Lipinski definition) is 5. The van der Waals surface area contributed by atoms with Gasteiger partial charge in [0, 0.05) is 11.0 Å². The van der Waals surface area contributed by atoms with Crippen LogP contribution >= 0.6 is 0 Å². The Labute approximate surface area is 131 Å². The van der Waals surface area contributed by atoms with Gasteiger partial charge < -0.3 is 4.74 Å². The second-order valence-corrected chi connectivity index (χ2v) is 4.36. The van der Waals surface area contributed by atoms with Crippen LogP contribution in [0.3, 0.4) is 0 Å². The van der Waals surface area contributed by atoms with E-state index in [-0.39, 0.29) is 5.69 Å². The van der Waals surface area contributed by atoms with Gasteiger partial charge in [-0.15, -0.1) is 0 Å². The van der Waals surface area contributed by atoms with Gasteiger partial charge in [-0.05, 0) is 23.7 Å². The van der Waals surface area contributed by atoms with Crippen LogP contribution in [-0.2, 0) is 10.9 Å². The van der Waals surface area contributed by atoms with E-state index in [0.29, 0.717) is 10.7 Å². The highest BCUT2D eigenvalue weighted by atomic mass is 19.4. The van der Waals surface area contributed by atoms with Gasteiger partial charge in [0.25, 0.3) is 5.56 Å². The van der Waals surface area contributed by atoms with E-state index >= 15 is 0 Å². The summed E-state index contributed by atoms with van der Waals surface area (Å²) in [5.74, 6) is -1.02. The molecule has 1 heterocycles. The van der Waals surface area contributed by atoms with Crippen molar-refractivity contribution in [1.82, 2.24) is 9.78 Å². The molecule has 11 heteroatoms. The fraction of sp³-hybridized carbons (Fsp3) is 0.154. The summed E-state index contributed by atoms with van der Waals surface area (Å²) in [6, 6.07) is 4.59. The van der Waals surface area contributed by atoms with Crippen LogP contribution in [0.1, 0.15) is 16.1 Å². The lowest BCUT2D eigenvalue weighted by atomic mass is 10.2. The molecule has 0 fully saturated rings. The molecule has 0 unspecified atom stereocenters. The molecule has 0 aliphatic rings. The minimum Gasteiger partial charge on any atom is -0.464 e. The van der Waals surface area contributed by atoms with Crippen molar-refractivity contribution in [2.45, 2.75) is 6.18 Å². The summed E-state index contributed by atoms with van der Waals surface area (Å²) >= 11 is 0. The molecule has 1 aromatic carbocycles. The van der Waals surface area contributed by atoms with Crippen LogP contribution in [-0.4, -0.2) is 22.9 Å². The van der Waals surface area contributed by atoms with Crippen LogP contribution in [0.2, 0.25) is 0 Å².